The lowest BCUT2D eigenvalue weighted by Crippen LogP contribution is -2.19. The number of para-hydroxylation sites is 1. The summed E-state index contributed by atoms with van der Waals surface area (Å²) in [5.41, 5.74) is 8.28. The van der Waals surface area contributed by atoms with Gasteiger partial charge in [-0.1, -0.05) is 88.5 Å². The summed E-state index contributed by atoms with van der Waals surface area (Å²) in [7, 11) is 0. The molecule has 1 amide bonds. The third-order valence-electron chi connectivity index (χ3n) is 6.47. The predicted octanol–water partition coefficient (Wildman–Crippen LogP) is 8.10. The Bertz CT molecular complexity index is 1780. The highest BCUT2D eigenvalue weighted by Gasteiger charge is 2.22. The molecule has 0 spiro atoms. The monoisotopic (exact) mass is 613 g/mol. The summed E-state index contributed by atoms with van der Waals surface area (Å²) in [4.78, 5) is 29.5. The van der Waals surface area contributed by atoms with Crippen LogP contribution < -0.4 is 10.2 Å². The number of halogens is 2. The second kappa shape index (κ2) is 11.9. The average Bonchev–Trinajstić information content (AvgIpc) is 3.34. The molecule has 40 heavy (non-hydrogen) atoms. The zero-order valence-electron chi connectivity index (χ0n) is 21.8. The SMILES string of the molecule is CCc1cccc2c(-c3ccccc3Cl)c(C(=O)NN=Cc3cc(Br)ccc3OC(=O)c3cccc(C)c3)[nH]c12. The molecular formula is C32H25BrClN3O3. The molecular weight excluding hydrogens is 590 g/mol. The van der Waals surface area contributed by atoms with Gasteiger partial charge in [0, 0.05) is 37.1 Å². The number of benzene rings is 4. The van der Waals surface area contributed by atoms with Crippen molar-refractivity contribution in [3.05, 3.63) is 122 Å². The fourth-order valence-electron chi connectivity index (χ4n) is 4.55. The second-order valence-electron chi connectivity index (χ2n) is 9.19. The van der Waals surface area contributed by atoms with Crippen LogP contribution in [-0.4, -0.2) is 23.1 Å². The summed E-state index contributed by atoms with van der Waals surface area (Å²) in [5, 5.41) is 5.63. The molecule has 0 aliphatic heterocycles. The van der Waals surface area contributed by atoms with Crippen molar-refractivity contribution in [3.8, 4) is 16.9 Å². The summed E-state index contributed by atoms with van der Waals surface area (Å²) in [5.74, 6) is -0.612. The van der Waals surface area contributed by atoms with Gasteiger partial charge >= 0.3 is 5.97 Å². The molecule has 6 nitrogen and oxygen atoms in total. The maximum Gasteiger partial charge on any atom is 0.343 e. The van der Waals surface area contributed by atoms with E-state index in [1.54, 1.807) is 42.5 Å². The Morgan fingerprint density at radius 2 is 1.82 bits per heavy atom. The Balaban J connectivity index is 1.45. The second-order valence-corrected chi connectivity index (χ2v) is 10.5. The number of carbonyl (C=O) groups excluding carboxylic acids is 2. The van der Waals surface area contributed by atoms with E-state index in [1.807, 2.05) is 49.4 Å². The molecule has 5 rings (SSSR count). The number of hydrazone groups is 1. The highest BCUT2D eigenvalue weighted by molar-refractivity contribution is 9.10. The van der Waals surface area contributed by atoms with Crippen molar-refractivity contribution >= 4 is 56.5 Å². The number of hydrogen-bond donors (Lipinski definition) is 2. The van der Waals surface area contributed by atoms with Crippen molar-refractivity contribution in [2.45, 2.75) is 20.3 Å². The highest BCUT2D eigenvalue weighted by atomic mass is 79.9. The number of aromatic nitrogens is 1. The van der Waals surface area contributed by atoms with Gasteiger partial charge < -0.3 is 9.72 Å². The van der Waals surface area contributed by atoms with E-state index in [1.165, 1.54) is 6.21 Å². The molecule has 0 aliphatic rings. The largest absolute Gasteiger partial charge is 0.422 e. The molecule has 0 radical (unpaired) electrons. The maximum atomic E-state index is 13.5. The summed E-state index contributed by atoms with van der Waals surface area (Å²) in [6, 6.07) is 25.7. The standard InChI is InChI=1S/C32H25BrClN3O3/c1-3-20-9-7-12-25-28(24-11-4-5-13-26(24)34)30(36-29(20)25)31(38)37-35-18-22-17-23(33)14-15-27(22)40-32(39)21-10-6-8-19(2)16-21/h4-18,36H,3H2,1-2H3,(H,37,38). The Morgan fingerprint density at radius 1 is 1.02 bits per heavy atom. The number of H-pyrrole nitrogens is 1. The molecule has 4 aromatic carbocycles. The first-order valence-electron chi connectivity index (χ1n) is 12.7. The van der Waals surface area contributed by atoms with E-state index < -0.39 is 11.9 Å². The molecule has 0 unspecified atom stereocenters. The van der Waals surface area contributed by atoms with Crippen LogP contribution in [-0.2, 0) is 6.42 Å². The van der Waals surface area contributed by atoms with Crippen molar-refractivity contribution in [2.75, 3.05) is 0 Å². The maximum absolute atomic E-state index is 13.5. The highest BCUT2D eigenvalue weighted by Crippen LogP contribution is 2.37. The van der Waals surface area contributed by atoms with Crippen LogP contribution in [0.15, 0.2) is 94.5 Å². The normalized spacial score (nSPS) is 11.2. The minimum atomic E-state index is -0.487. The van der Waals surface area contributed by atoms with Gasteiger partial charge in [-0.3, -0.25) is 4.79 Å². The molecule has 0 saturated carbocycles. The average molecular weight is 615 g/mol. The van der Waals surface area contributed by atoms with Gasteiger partial charge in [-0.15, -0.1) is 0 Å². The minimum Gasteiger partial charge on any atom is -0.422 e. The van der Waals surface area contributed by atoms with E-state index in [-0.39, 0.29) is 0 Å². The molecule has 0 saturated heterocycles. The molecule has 0 aliphatic carbocycles. The number of fused-ring (bicyclic) bond motifs is 1. The Kier molecular flexibility index (Phi) is 8.14. The Morgan fingerprint density at radius 3 is 2.60 bits per heavy atom. The van der Waals surface area contributed by atoms with Crippen LogP contribution in [0, 0.1) is 6.92 Å². The zero-order chi connectivity index (χ0) is 28.2. The van der Waals surface area contributed by atoms with Crippen LogP contribution in [0.5, 0.6) is 5.75 Å². The number of aromatic amines is 1. The van der Waals surface area contributed by atoms with Gasteiger partial charge in [0.25, 0.3) is 5.91 Å². The number of hydrogen-bond acceptors (Lipinski definition) is 4. The molecule has 0 atom stereocenters. The number of rotatable bonds is 7. The fraction of sp³-hybridized carbons (Fsp3) is 0.0938. The van der Waals surface area contributed by atoms with Gasteiger partial charge in [-0.05, 0) is 55.3 Å². The summed E-state index contributed by atoms with van der Waals surface area (Å²) >= 11 is 10.00. The Hall–Kier alpha value is -4.20. The molecule has 200 valence electrons. The number of carbonyl (C=O) groups is 2. The third-order valence-corrected chi connectivity index (χ3v) is 7.29. The van der Waals surface area contributed by atoms with E-state index in [9.17, 15) is 9.59 Å². The molecule has 5 aromatic rings. The third kappa shape index (κ3) is 5.71. The van der Waals surface area contributed by atoms with Crippen LogP contribution in [0.25, 0.3) is 22.0 Å². The number of nitrogens with zero attached hydrogens (tertiary/aromatic N) is 1. The van der Waals surface area contributed by atoms with E-state index in [2.05, 4.69) is 38.4 Å². The summed E-state index contributed by atoms with van der Waals surface area (Å²) in [6.07, 6.45) is 2.24. The number of ether oxygens (including phenoxy) is 1. The first-order chi connectivity index (χ1) is 19.4. The first kappa shape index (κ1) is 27.4. The molecule has 0 bridgehead atoms. The quantitative estimate of drug-likeness (QED) is 0.0841. The number of nitrogens with one attached hydrogen (secondary N) is 2. The molecule has 1 heterocycles. The van der Waals surface area contributed by atoms with Gasteiger partial charge in [0.2, 0.25) is 0 Å². The van der Waals surface area contributed by atoms with Crippen molar-refractivity contribution < 1.29 is 14.3 Å². The van der Waals surface area contributed by atoms with Crippen molar-refractivity contribution in [3.63, 3.8) is 0 Å². The van der Waals surface area contributed by atoms with Gasteiger partial charge in [0.1, 0.15) is 11.4 Å². The lowest BCUT2D eigenvalue weighted by molar-refractivity contribution is 0.0734. The van der Waals surface area contributed by atoms with Gasteiger partial charge in [0.15, 0.2) is 0 Å². The molecule has 8 heteroatoms. The smallest absolute Gasteiger partial charge is 0.343 e. The molecule has 2 N–H and O–H groups in total. The summed E-state index contributed by atoms with van der Waals surface area (Å²) < 4.78 is 6.42. The van der Waals surface area contributed by atoms with Crippen LogP contribution in [0.2, 0.25) is 5.02 Å². The minimum absolute atomic E-state index is 0.308. The van der Waals surface area contributed by atoms with Crippen molar-refractivity contribution in [1.82, 2.24) is 10.4 Å². The van der Waals surface area contributed by atoms with Crippen LogP contribution >= 0.6 is 27.5 Å². The van der Waals surface area contributed by atoms with Crippen LogP contribution in [0.3, 0.4) is 0 Å². The Labute approximate surface area is 245 Å². The van der Waals surface area contributed by atoms with Gasteiger partial charge in [-0.25, -0.2) is 10.2 Å². The van der Waals surface area contributed by atoms with Crippen molar-refractivity contribution in [2.24, 2.45) is 5.10 Å². The van der Waals surface area contributed by atoms with Crippen LogP contribution in [0.4, 0.5) is 0 Å². The number of esters is 1. The number of aryl methyl sites for hydroxylation is 2. The fourth-order valence-corrected chi connectivity index (χ4v) is 5.16. The number of amides is 1. The van der Waals surface area contributed by atoms with E-state index >= 15 is 0 Å². The van der Waals surface area contributed by atoms with Crippen molar-refractivity contribution in [1.29, 1.82) is 0 Å². The topological polar surface area (TPSA) is 83.5 Å². The zero-order valence-corrected chi connectivity index (χ0v) is 24.1. The van der Waals surface area contributed by atoms with Crippen LogP contribution in [0.1, 0.15) is 44.5 Å². The lowest BCUT2D eigenvalue weighted by atomic mass is 9.99. The van der Waals surface area contributed by atoms with E-state index in [4.69, 9.17) is 16.3 Å². The lowest BCUT2D eigenvalue weighted by Gasteiger charge is -2.09. The molecule has 1 aromatic heterocycles. The predicted molar refractivity (Wildman–Crippen MR) is 163 cm³/mol. The van der Waals surface area contributed by atoms with Gasteiger partial charge in [0.05, 0.1) is 11.8 Å². The molecule has 0 fully saturated rings. The van der Waals surface area contributed by atoms with Gasteiger partial charge in [-0.2, -0.15) is 5.10 Å². The van der Waals surface area contributed by atoms with E-state index in [0.29, 0.717) is 33.2 Å². The first-order valence-corrected chi connectivity index (χ1v) is 13.8. The van der Waals surface area contributed by atoms with E-state index in [0.717, 1.165) is 38.5 Å². The summed E-state index contributed by atoms with van der Waals surface area (Å²) in [6.45, 7) is 3.97.